The van der Waals surface area contributed by atoms with Crippen molar-refractivity contribution in [3.05, 3.63) is 36.4 Å². The summed E-state index contributed by atoms with van der Waals surface area (Å²) in [6, 6.07) is 5.98. The van der Waals surface area contributed by atoms with Crippen LogP contribution in [0.25, 0.3) is 0 Å². The summed E-state index contributed by atoms with van der Waals surface area (Å²) in [7, 11) is 3.32. The summed E-state index contributed by atoms with van der Waals surface area (Å²) in [5.41, 5.74) is 1.09. The maximum absolute atomic E-state index is 5.50. The highest BCUT2D eigenvalue weighted by atomic mass is 16.5. The minimum absolute atomic E-state index is 0.104. The van der Waals surface area contributed by atoms with E-state index in [1.807, 2.05) is 22.9 Å². The molecule has 1 aromatic carbocycles. The normalized spacial score (nSPS) is 12.1. The van der Waals surface area contributed by atoms with E-state index in [-0.39, 0.29) is 6.04 Å². The van der Waals surface area contributed by atoms with Crippen LogP contribution in [0.5, 0.6) is 11.5 Å². The number of hydrogen-bond acceptors (Lipinski definition) is 5. The van der Waals surface area contributed by atoms with Gasteiger partial charge in [0, 0.05) is 11.6 Å². The molecule has 0 aliphatic heterocycles. The van der Waals surface area contributed by atoms with Crippen molar-refractivity contribution in [2.75, 3.05) is 20.8 Å². The van der Waals surface area contributed by atoms with Gasteiger partial charge in [0.25, 0.3) is 0 Å². The third-order valence-corrected chi connectivity index (χ3v) is 3.29. The van der Waals surface area contributed by atoms with Gasteiger partial charge in [0.2, 0.25) is 0 Å². The van der Waals surface area contributed by atoms with E-state index in [1.165, 1.54) is 0 Å². The third-order valence-electron chi connectivity index (χ3n) is 3.29. The number of ether oxygens (including phenoxy) is 2. The molecule has 2 rings (SSSR count). The van der Waals surface area contributed by atoms with E-state index in [1.54, 1.807) is 26.9 Å². The molecular formula is C15H22N4O2. The van der Waals surface area contributed by atoms with E-state index < -0.39 is 0 Å². The zero-order valence-corrected chi connectivity index (χ0v) is 12.7. The second-order valence-corrected chi connectivity index (χ2v) is 4.73. The summed E-state index contributed by atoms with van der Waals surface area (Å²) in [5, 5.41) is 7.71. The van der Waals surface area contributed by atoms with Gasteiger partial charge in [-0.2, -0.15) is 5.10 Å². The smallest absolute Gasteiger partial charge is 0.137 e. The van der Waals surface area contributed by atoms with Crippen LogP contribution in [0.4, 0.5) is 0 Å². The van der Waals surface area contributed by atoms with E-state index >= 15 is 0 Å². The topological polar surface area (TPSA) is 61.2 Å². The van der Waals surface area contributed by atoms with Crippen LogP contribution in [0.3, 0.4) is 0 Å². The van der Waals surface area contributed by atoms with Gasteiger partial charge in [-0.25, -0.2) is 4.98 Å². The third kappa shape index (κ3) is 3.95. The largest absolute Gasteiger partial charge is 0.497 e. The van der Waals surface area contributed by atoms with Gasteiger partial charge < -0.3 is 14.8 Å². The fourth-order valence-electron chi connectivity index (χ4n) is 2.21. The molecule has 0 spiro atoms. The fourth-order valence-corrected chi connectivity index (χ4v) is 2.21. The van der Waals surface area contributed by atoms with Gasteiger partial charge in [-0.3, -0.25) is 4.68 Å². The molecule has 0 aliphatic carbocycles. The van der Waals surface area contributed by atoms with Crippen LogP contribution < -0.4 is 14.8 Å². The van der Waals surface area contributed by atoms with E-state index in [4.69, 9.17) is 9.47 Å². The van der Waals surface area contributed by atoms with Crippen molar-refractivity contribution >= 4 is 0 Å². The Labute approximate surface area is 125 Å². The summed E-state index contributed by atoms with van der Waals surface area (Å²) in [5.74, 6) is 1.59. The minimum atomic E-state index is 0.104. The van der Waals surface area contributed by atoms with Crippen molar-refractivity contribution in [2.45, 2.75) is 25.9 Å². The lowest BCUT2D eigenvalue weighted by Gasteiger charge is -2.21. The van der Waals surface area contributed by atoms with Crippen LogP contribution >= 0.6 is 0 Å². The maximum atomic E-state index is 5.50. The monoisotopic (exact) mass is 290 g/mol. The number of nitrogens with one attached hydrogen (secondary N) is 1. The highest BCUT2D eigenvalue weighted by Gasteiger charge is 2.17. The summed E-state index contributed by atoms with van der Waals surface area (Å²) >= 11 is 0. The molecule has 21 heavy (non-hydrogen) atoms. The van der Waals surface area contributed by atoms with Crippen molar-refractivity contribution in [2.24, 2.45) is 0 Å². The lowest BCUT2D eigenvalue weighted by Crippen LogP contribution is -2.27. The Morgan fingerprint density at radius 1 is 1.29 bits per heavy atom. The van der Waals surface area contributed by atoms with Gasteiger partial charge in [0.1, 0.15) is 24.2 Å². The number of methoxy groups -OCH3 is 2. The Hall–Kier alpha value is -2.08. The number of rotatable bonds is 8. The predicted molar refractivity (Wildman–Crippen MR) is 80.6 cm³/mol. The van der Waals surface area contributed by atoms with Crippen LogP contribution in [0.15, 0.2) is 30.9 Å². The standard InChI is InChI=1S/C15H22N4O2/c1-4-7-17-14(9-19-11-16-10-18-19)13-6-5-12(20-2)8-15(13)21-3/h5-6,8,10-11,14,17H,4,7,9H2,1-3H3. The second kappa shape index (κ2) is 7.64. The van der Waals surface area contributed by atoms with Gasteiger partial charge in [-0.05, 0) is 25.1 Å². The highest BCUT2D eigenvalue weighted by molar-refractivity contribution is 5.42. The van der Waals surface area contributed by atoms with Crippen LogP contribution in [0.1, 0.15) is 24.9 Å². The van der Waals surface area contributed by atoms with Crippen LogP contribution in [0, 0.1) is 0 Å². The molecule has 1 atom stereocenters. The molecule has 1 N–H and O–H groups in total. The van der Waals surface area contributed by atoms with Crippen LogP contribution in [0.2, 0.25) is 0 Å². The molecule has 0 amide bonds. The Bertz CT molecular complexity index is 543. The first-order chi connectivity index (χ1) is 10.3. The zero-order valence-electron chi connectivity index (χ0n) is 12.7. The van der Waals surface area contributed by atoms with Gasteiger partial charge >= 0.3 is 0 Å². The van der Waals surface area contributed by atoms with E-state index in [9.17, 15) is 0 Å². The first-order valence-corrected chi connectivity index (χ1v) is 7.06. The Morgan fingerprint density at radius 2 is 2.14 bits per heavy atom. The second-order valence-electron chi connectivity index (χ2n) is 4.73. The predicted octanol–water partition coefficient (Wildman–Crippen LogP) is 2.04. The van der Waals surface area contributed by atoms with Crippen molar-refractivity contribution in [1.29, 1.82) is 0 Å². The molecule has 0 saturated heterocycles. The molecule has 0 aliphatic rings. The first-order valence-electron chi connectivity index (χ1n) is 7.06. The molecule has 6 heteroatoms. The first kappa shape index (κ1) is 15.3. The number of benzene rings is 1. The summed E-state index contributed by atoms with van der Waals surface area (Å²) in [6.07, 6.45) is 4.32. The molecule has 1 heterocycles. The molecule has 1 aromatic heterocycles. The van der Waals surface area contributed by atoms with Crippen molar-refractivity contribution < 1.29 is 9.47 Å². The molecule has 114 valence electrons. The Morgan fingerprint density at radius 3 is 2.76 bits per heavy atom. The molecule has 0 bridgehead atoms. The molecule has 2 aromatic rings. The van der Waals surface area contributed by atoms with Crippen LogP contribution in [-0.4, -0.2) is 35.5 Å². The van der Waals surface area contributed by atoms with Crippen LogP contribution in [-0.2, 0) is 6.54 Å². The maximum Gasteiger partial charge on any atom is 0.137 e. The zero-order chi connectivity index (χ0) is 15.1. The SMILES string of the molecule is CCCNC(Cn1cncn1)c1ccc(OC)cc1OC. The number of nitrogens with zero attached hydrogens (tertiary/aromatic N) is 3. The Kier molecular flexibility index (Phi) is 5.57. The summed E-state index contributed by atoms with van der Waals surface area (Å²) < 4.78 is 12.6. The van der Waals surface area contributed by atoms with Gasteiger partial charge in [0.15, 0.2) is 0 Å². The number of aromatic nitrogens is 3. The number of hydrogen-bond donors (Lipinski definition) is 1. The lowest BCUT2D eigenvalue weighted by atomic mass is 10.0. The van der Waals surface area contributed by atoms with Crippen molar-refractivity contribution in [3.8, 4) is 11.5 Å². The van der Waals surface area contributed by atoms with Gasteiger partial charge in [-0.15, -0.1) is 0 Å². The average molecular weight is 290 g/mol. The molecule has 0 radical (unpaired) electrons. The molecule has 0 saturated carbocycles. The average Bonchev–Trinajstić information content (AvgIpc) is 3.03. The Balaban J connectivity index is 2.26. The molecule has 0 fully saturated rings. The fraction of sp³-hybridized carbons (Fsp3) is 0.467. The minimum Gasteiger partial charge on any atom is -0.497 e. The molecule has 6 nitrogen and oxygen atoms in total. The molecular weight excluding hydrogens is 268 g/mol. The lowest BCUT2D eigenvalue weighted by molar-refractivity contribution is 0.373. The van der Waals surface area contributed by atoms with E-state index in [0.717, 1.165) is 30.0 Å². The summed E-state index contributed by atoms with van der Waals surface area (Å²) in [6.45, 7) is 3.77. The highest BCUT2D eigenvalue weighted by Crippen LogP contribution is 2.30. The quantitative estimate of drug-likeness (QED) is 0.806. The summed E-state index contributed by atoms with van der Waals surface area (Å²) in [4.78, 5) is 3.99. The van der Waals surface area contributed by atoms with Crippen molar-refractivity contribution in [3.63, 3.8) is 0 Å². The van der Waals surface area contributed by atoms with Crippen molar-refractivity contribution in [1.82, 2.24) is 20.1 Å². The molecule has 1 unspecified atom stereocenters. The van der Waals surface area contributed by atoms with E-state index in [0.29, 0.717) is 6.54 Å². The van der Waals surface area contributed by atoms with Gasteiger partial charge in [-0.1, -0.05) is 6.92 Å². The van der Waals surface area contributed by atoms with E-state index in [2.05, 4.69) is 22.3 Å². The van der Waals surface area contributed by atoms with Gasteiger partial charge in [0.05, 0.1) is 26.8 Å².